The molecule has 0 saturated heterocycles. The van der Waals surface area contributed by atoms with Crippen LogP contribution in [0.15, 0.2) is 72.8 Å². The molecule has 1 atom stereocenters. The molecule has 0 N–H and O–H groups in total. The summed E-state index contributed by atoms with van der Waals surface area (Å²) in [7, 11) is -1.62. The molecule has 0 aromatic heterocycles. The number of benzene rings is 3. The largest absolute Gasteiger partial charge is 0.294 e. The second-order valence-corrected chi connectivity index (χ2v) is 15.1. The molecule has 0 amide bonds. The lowest BCUT2D eigenvalue weighted by molar-refractivity contribution is 0.0389. The molecule has 3 fully saturated rings. The van der Waals surface area contributed by atoms with Crippen LogP contribution < -0.4 is 5.19 Å². The Morgan fingerprint density at radius 1 is 0.897 bits per heavy atom. The average Bonchev–Trinajstić information content (AvgIpc) is 3.14. The Hall–Kier alpha value is -2.19. The van der Waals surface area contributed by atoms with Crippen molar-refractivity contribution >= 4 is 29.8 Å². The van der Waals surface area contributed by atoms with Crippen molar-refractivity contribution in [2.24, 2.45) is 16.7 Å². The predicted octanol–water partition coefficient (Wildman–Crippen LogP) is 6.44. The van der Waals surface area contributed by atoms with Gasteiger partial charge in [-0.3, -0.25) is 4.79 Å². The third-order valence-electron chi connectivity index (χ3n) is 8.00. The summed E-state index contributed by atoms with van der Waals surface area (Å²) in [5.74, 6) is 1.14. The van der Waals surface area contributed by atoms with Gasteiger partial charge in [0.1, 0.15) is 0 Å². The fraction of sp³-hybridized carbons (Fsp3) is 0.370. The molecule has 29 heavy (non-hydrogen) atoms. The van der Waals surface area contributed by atoms with Gasteiger partial charge in [0.05, 0.1) is 8.07 Å². The van der Waals surface area contributed by atoms with E-state index in [0.29, 0.717) is 5.78 Å². The predicted molar refractivity (Wildman–Crippen MR) is 125 cm³/mol. The van der Waals surface area contributed by atoms with Crippen molar-refractivity contribution in [1.29, 1.82) is 0 Å². The van der Waals surface area contributed by atoms with Crippen molar-refractivity contribution < 1.29 is 4.79 Å². The van der Waals surface area contributed by atoms with Gasteiger partial charge in [-0.25, -0.2) is 0 Å². The molecule has 0 radical (unpaired) electrons. The maximum absolute atomic E-state index is 13.9. The van der Waals surface area contributed by atoms with Crippen molar-refractivity contribution in [3.63, 3.8) is 0 Å². The zero-order chi connectivity index (χ0) is 20.3. The number of carbonyl (C=O) groups excluding carboxylic acids is 1. The van der Waals surface area contributed by atoms with E-state index in [1.807, 2.05) is 0 Å². The van der Waals surface area contributed by atoms with Gasteiger partial charge >= 0.3 is 0 Å². The average molecular weight is 399 g/mol. The van der Waals surface area contributed by atoms with E-state index in [1.165, 1.54) is 28.4 Å². The number of hydrogen-bond acceptors (Lipinski definition) is 1. The zero-order valence-corrected chi connectivity index (χ0v) is 18.7. The van der Waals surface area contributed by atoms with Crippen LogP contribution in [0.1, 0.15) is 36.5 Å². The highest BCUT2D eigenvalue weighted by atomic mass is 28.3. The fourth-order valence-electron chi connectivity index (χ4n) is 6.67. The standard InChI is InChI=1S/C27H30OSi/c1-26(19-29(2,3)24-11-5-4-6-12-24)16-20-17-27(26,18-20)25(28)23-14-13-21-9-7-8-10-22(21)15-23/h4-15,20H,16-19H2,1-3H3/t20?,26-,27?/m0/s1. The minimum atomic E-state index is -1.62. The van der Waals surface area contributed by atoms with Gasteiger partial charge < -0.3 is 0 Å². The third kappa shape index (κ3) is 2.84. The summed E-state index contributed by atoms with van der Waals surface area (Å²) in [6, 6.07) is 26.9. The Morgan fingerprint density at radius 2 is 1.55 bits per heavy atom. The van der Waals surface area contributed by atoms with Gasteiger partial charge in [-0.15, -0.1) is 0 Å². The van der Waals surface area contributed by atoms with Crippen LogP contribution in [0.5, 0.6) is 0 Å². The Morgan fingerprint density at radius 3 is 2.28 bits per heavy atom. The maximum Gasteiger partial charge on any atom is 0.169 e. The summed E-state index contributed by atoms with van der Waals surface area (Å²) in [6.07, 6.45) is 3.40. The number of Topliss-reactive ketones (excluding diaryl/α,β-unsaturated/α-hetero) is 1. The van der Waals surface area contributed by atoms with E-state index in [1.54, 1.807) is 0 Å². The molecule has 3 aliphatic rings. The highest BCUT2D eigenvalue weighted by molar-refractivity contribution is 6.89. The minimum Gasteiger partial charge on any atom is -0.294 e. The molecular weight excluding hydrogens is 368 g/mol. The second-order valence-electron chi connectivity index (χ2n) is 10.4. The van der Waals surface area contributed by atoms with E-state index >= 15 is 0 Å². The first kappa shape index (κ1) is 18.8. The highest BCUT2D eigenvalue weighted by Crippen LogP contribution is 2.71. The summed E-state index contributed by atoms with van der Waals surface area (Å²) in [5, 5.41) is 3.89. The molecule has 148 valence electrons. The molecule has 0 spiro atoms. The molecular formula is C27H30OSi. The van der Waals surface area contributed by atoms with Gasteiger partial charge in [-0.2, -0.15) is 0 Å². The summed E-state index contributed by atoms with van der Waals surface area (Å²) in [5.41, 5.74) is 0.875. The van der Waals surface area contributed by atoms with Crippen LogP contribution in [0, 0.1) is 16.7 Å². The van der Waals surface area contributed by atoms with Crippen molar-refractivity contribution in [1.82, 2.24) is 0 Å². The molecule has 3 aromatic rings. The summed E-state index contributed by atoms with van der Waals surface area (Å²) in [6.45, 7) is 7.39. The van der Waals surface area contributed by atoms with Crippen molar-refractivity contribution in [2.45, 2.75) is 45.3 Å². The number of hydrogen-bond donors (Lipinski definition) is 0. The van der Waals surface area contributed by atoms with Crippen LogP contribution in [-0.4, -0.2) is 13.9 Å². The Bertz CT molecular complexity index is 1080. The van der Waals surface area contributed by atoms with Gasteiger partial charge in [-0.1, -0.05) is 91.9 Å². The van der Waals surface area contributed by atoms with Gasteiger partial charge in [0.25, 0.3) is 0 Å². The number of ketones is 1. The van der Waals surface area contributed by atoms with E-state index in [0.717, 1.165) is 24.3 Å². The molecule has 2 heteroatoms. The van der Waals surface area contributed by atoms with E-state index in [2.05, 4.69) is 92.8 Å². The monoisotopic (exact) mass is 398 g/mol. The van der Waals surface area contributed by atoms with E-state index < -0.39 is 8.07 Å². The van der Waals surface area contributed by atoms with Crippen LogP contribution in [0.25, 0.3) is 10.8 Å². The van der Waals surface area contributed by atoms with E-state index in [4.69, 9.17) is 0 Å². The number of rotatable bonds is 5. The lowest BCUT2D eigenvalue weighted by atomic mass is 9.58. The van der Waals surface area contributed by atoms with Gasteiger partial charge in [0, 0.05) is 11.0 Å². The molecule has 2 bridgehead atoms. The Labute approximate surface area is 175 Å². The summed E-state index contributed by atoms with van der Waals surface area (Å²) >= 11 is 0. The van der Waals surface area contributed by atoms with Crippen LogP contribution in [0.2, 0.25) is 19.1 Å². The normalized spacial score (nSPS) is 28.3. The quantitative estimate of drug-likeness (QED) is 0.357. The molecule has 0 aliphatic heterocycles. The topological polar surface area (TPSA) is 17.1 Å². The lowest BCUT2D eigenvalue weighted by Gasteiger charge is -2.48. The van der Waals surface area contributed by atoms with E-state index in [-0.39, 0.29) is 10.8 Å². The minimum absolute atomic E-state index is 0.117. The van der Waals surface area contributed by atoms with Crippen LogP contribution in [0.4, 0.5) is 0 Å². The smallest absolute Gasteiger partial charge is 0.169 e. The molecule has 6 rings (SSSR count). The highest BCUT2D eigenvalue weighted by Gasteiger charge is 2.68. The molecule has 0 heterocycles. The summed E-state index contributed by atoms with van der Waals surface area (Å²) in [4.78, 5) is 13.9. The number of fused-ring (bicyclic) bond motifs is 2. The maximum atomic E-state index is 13.9. The van der Waals surface area contributed by atoms with Gasteiger partial charge in [0.15, 0.2) is 5.78 Å². The zero-order valence-electron chi connectivity index (χ0n) is 17.7. The second kappa shape index (κ2) is 6.40. The SMILES string of the molecule is C[C@@]1(C[Si](C)(C)c2ccccc2)CC2CC1(C(=O)c1ccc3ccccc3c1)C2. The first-order valence-corrected chi connectivity index (χ1v) is 14.1. The summed E-state index contributed by atoms with van der Waals surface area (Å²) < 4.78 is 0. The molecule has 3 aliphatic carbocycles. The molecule has 1 nitrogen and oxygen atoms in total. The van der Waals surface area contributed by atoms with E-state index in [9.17, 15) is 4.79 Å². The van der Waals surface area contributed by atoms with Crippen LogP contribution >= 0.6 is 0 Å². The van der Waals surface area contributed by atoms with Gasteiger partial charge in [-0.05, 0) is 53.5 Å². The van der Waals surface area contributed by atoms with Gasteiger partial charge in [0.2, 0.25) is 0 Å². The first-order chi connectivity index (χ1) is 13.8. The number of carbonyl (C=O) groups is 1. The molecule has 0 unspecified atom stereocenters. The third-order valence-corrected chi connectivity index (χ3v) is 11.6. The Kier molecular flexibility index (Phi) is 4.15. The molecule has 3 aromatic carbocycles. The van der Waals surface area contributed by atoms with Crippen molar-refractivity contribution in [3.8, 4) is 0 Å². The van der Waals surface area contributed by atoms with Crippen LogP contribution in [-0.2, 0) is 0 Å². The first-order valence-electron chi connectivity index (χ1n) is 10.9. The van der Waals surface area contributed by atoms with Crippen LogP contribution in [0.3, 0.4) is 0 Å². The molecule has 3 saturated carbocycles. The Balaban J connectivity index is 1.49. The lowest BCUT2D eigenvalue weighted by Crippen LogP contribution is -2.51. The van der Waals surface area contributed by atoms with Crippen molar-refractivity contribution in [3.05, 3.63) is 78.4 Å². The van der Waals surface area contributed by atoms with Crippen molar-refractivity contribution in [2.75, 3.05) is 0 Å². The fourth-order valence-corrected chi connectivity index (χ4v) is 10.4.